The van der Waals surface area contributed by atoms with Crippen LogP contribution < -0.4 is 0 Å². The van der Waals surface area contributed by atoms with Crippen molar-refractivity contribution >= 4 is 62.4 Å². The van der Waals surface area contributed by atoms with Crippen molar-refractivity contribution in [2.45, 2.75) is 6.42 Å². The van der Waals surface area contributed by atoms with Gasteiger partial charge < -0.3 is 8.39 Å². The maximum absolute atomic E-state index is 6.77. The molecule has 5 aromatic carbocycles. The standard InChI is InChI=1S/C31H21O2P/c1-2-9-21(10-3-1)24-15-8-16-29(24)34-32-27-19-17-22-11-4-6-13-25(22)30(27)31-26-14-7-5-12-23(26)18-20-28(31)33-34/h1-14,16-20H,15H2. The van der Waals surface area contributed by atoms with Crippen LogP contribution in [-0.2, 0) is 0 Å². The van der Waals surface area contributed by atoms with Crippen molar-refractivity contribution in [1.29, 1.82) is 0 Å². The molecular formula is C31H21O2P. The van der Waals surface area contributed by atoms with Gasteiger partial charge in [0.25, 0.3) is 8.01 Å². The minimum Gasteiger partial charge on any atom is -0.416 e. The van der Waals surface area contributed by atoms with Crippen LogP contribution in [0.3, 0.4) is 0 Å². The summed E-state index contributed by atoms with van der Waals surface area (Å²) < 4.78 is 13.5. The maximum atomic E-state index is 6.77. The minimum atomic E-state index is -1.35. The van der Waals surface area contributed by atoms with Crippen LogP contribution in [0.5, 0.6) is 0 Å². The lowest BCUT2D eigenvalue weighted by Crippen LogP contribution is -1.80. The smallest absolute Gasteiger partial charge is 0.253 e. The van der Waals surface area contributed by atoms with Gasteiger partial charge in [-0.05, 0) is 57.3 Å². The van der Waals surface area contributed by atoms with E-state index >= 15 is 0 Å². The van der Waals surface area contributed by atoms with Crippen molar-refractivity contribution in [3.8, 4) is 0 Å². The van der Waals surface area contributed by atoms with Gasteiger partial charge in [-0.1, -0.05) is 97.1 Å². The molecule has 3 heteroatoms. The number of rotatable bonds is 2. The van der Waals surface area contributed by atoms with Gasteiger partial charge in [-0.2, -0.15) is 0 Å². The lowest BCUT2D eigenvalue weighted by atomic mass is 9.99. The zero-order valence-electron chi connectivity index (χ0n) is 18.4. The molecule has 0 bridgehead atoms. The normalized spacial score (nSPS) is 13.5. The molecule has 0 spiro atoms. The van der Waals surface area contributed by atoms with Gasteiger partial charge in [0.15, 0.2) is 0 Å². The molecule has 2 nitrogen and oxygen atoms in total. The highest BCUT2D eigenvalue weighted by molar-refractivity contribution is 7.50. The summed E-state index contributed by atoms with van der Waals surface area (Å²) in [6.07, 6.45) is 5.28. The minimum absolute atomic E-state index is 0.875. The maximum Gasteiger partial charge on any atom is 0.253 e. The van der Waals surface area contributed by atoms with Gasteiger partial charge in [0.05, 0.1) is 5.31 Å². The number of fused-ring (bicyclic) bond motifs is 7. The fourth-order valence-electron chi connectivity index (χ4n) is 5.04. The largest absolute Gasteiger partial charge is 0.416 e. The van der Waals surface area contributed by atoms with Gasteiger partial charge in [-0.15, -0.1) is 0 Å². The molecular weight excluding hydrogens is 435 g/mol. The van der Waals surface area contributed by atoms with E-state index in [1.807, 2.05) is 0 Å². The van der Waals surface area contributed by atoms with Crippen LogP contribution >= 0.6 is 8.01 Å². The van der Waals surface area contributed by atoms with Gasteiger partial charge >= 0.3 is 0 Å². The third-order valence-corrected chi connectivity index (χ3v) is 8.16. The molecule has 0 aliphatic heterocycles. The van der Waals surface area contributed by atoms with E-state index in [0.29, 0.717) is 0 Å². The van der Waals surface area contributed by atoms with Crippen molar-refractivity contribution in [1.82, 2.24) is 0 Å². The van der Waals surface area contributed by atoms with E-state index in [4.69, 9.17) is 8.39 Å². The molecule has 0 unspecified atom stereocenters. The lowest BCUT2D eigenvalue weighted by molar-refractivity contribution is 0.653. The van der Waals surface area contributed by atoms with E-state index in [-0.39, 0.29) is 0 Å². The quantitative estimate of drug-likeness (QED) is 0.259. The Bertz CT molecular complexity index is 1730. The van der Waals surface area contributed by atoms with Crippen LogP contribution in [0.4, 0.5) is 0 Å². The number of hydrogen-bond acceptors (Lipinski definition) is 2. The molecule has 0 saturated carbocycles. The molecule has 34 heavy (non-hydrogen) atoms. The Kier molecular flexibility index (Phi) is 4.46. The fourth-order valence-corrected chi connectivity index (χ4v) is 6.60. The average molecular weight is 456 g/mol. The molecule has 1 aliphatic rings. The summed E-state index contributed by atoms with van der Waals surface area (Å²) in [7, 11) is -1.35. The second-order valence-electron chi connectivity index (χ2n) is 8.60. The highest BCUT2D eigenvalue weighted by Crippen LogP contribution is 2.51. The molecule has 1 aliphatic carbocycles. The van der Waals surface area contributed by atoms with Crippen molar-refractivity contribution in [2.24, 2.45) is 0 Å². The Labute approximate surface area is 198 Å². The molecule has 0 atom stereocenters. The zero-order chi connectivity index (χ0) is 22.5. The first-order valence-electron chi connectivity index (χ1n) is 11.5. The van der Waals surface area contributed by atoms with Crippen LogP contribution in [0, 0.1) is 0 Å². The average Bonchev–Trinajstić information content (AvgIpc) is 3.32. The van der Waals surface area contributed by atoms with E-state index in [1.165, 1.54) is 32.7 Å². The van der Waals surface area contributed by atoms with E-state index < -0.39 is 8.01 Å². The monoisotopic (exact) mass is 456 g/mol. The summed E-state index contributed by atoms with van der Waals surface area (Å²) in [6, 6.07) is 36.1. The first kappa shape index (κ1) is 19.5. The summed E-state index contributed by atoms with van der Waals surface area (Å²) in [5.41, 5.74) is 4.25. The Morgan fingerprint density at radius 2 is 1.12 bits per heavy atom. The van der Waals surface area contributed by atoms with E-state index in [0.717, 1.165) is 33.7 Å². The highest BCUT2D eigenvalue weighted by atomic mass is 31.1. The molecule has 1 aromatic heterocycles. The van der Waals surface area contributed by atoms with E-state index in [2.05, 4.69) is 115 Å². The van der Waals surface area contributed by atoms with Crippen molar-refractivity contribution in [3.05, 3.63) is 121 Å². The van der Waals surface area contributed by atoms with Gasteiger partial charge in [0.2, 0.25) is 0 Å². The second kappa shape index (κ2) is 7.80. The fraction of sp³-hybridized carbons (Fsp3) is 0.0323. The molecule has 7 rings (SSSR count). The van der Waals surface area contributed by atoms with Crippen LogP contribution in [0.25, 0.3) is 54.4 Å². The Morgan fingerprint density at radius 3 is 1.74 bits per heavy atom. The van der Waals surface area contributed by atoms with E-state index in [1.54, 1.807) is 0 Å². The van der Waals surface area contributed by atoms with Crippen molar-refractivity contribution < 1.29 is 8.39 Å². The molecule has 6 aromatic rings. The zero-order valence-corrected chi connectivity index (χ0v) is 19.3. The molecule has 0 saturated heterocycles. The molecule has 0 radical (unpaired) electrons. The predicted molar refractivity (Wildman–Crippen MR) is 145 cm³/mol. The van der Waals surface area contributed by atoms with Gasteiger partial charge in [-0.25, -0.2) is 0 Å². The van der Waals surface area contributed by atoms with Crippen LogP contribution in [0.1, 0.15) is 12.0 Å². The van der Waals surface area contributed by atoms with Crippen LogP contribution in [0.2, 0.25) is 0 Å². The summed E-state index contributed by atoms with van der Waals surface area (Å²) in [5, 5.41) is 8.10. The van der Waals surface area contributed by atoms with Crippen LogP contribution in [0.15, 0.2) is 124 Å². The van der Waals surface area contributed by atoms with Gasteiger partial charge in [0.1, 0.15) is 11.2 Å². The number of hydrogen-bond donors (Lipinski definition) is 0. The first-order chi connectivity index (χ1) is 16.9. The third-order valence-electron chi connectivity index (χ3n) is 6.62. The molecule has 0 fully saturated rings. The number of benzene rings is 5. The molecule has 0 amide bonds. The summed E-state index contributed by atoms with van der Waals surface area (Å²) in [4.78, 5) is 0. The Morgan fingerprint density at radius 1 is 0.559 bits per heavy atom. The van der Waals surface area contributed by atoms with Gasteiger partial charge in [0, 0.05) is 10.8 Å². The Hall–Kier alpha value is -4.00. The number of allylic oxidation sites excluding steroid dienone is 4. The predicted octanol–water partition coefficient (Wildman–Crippen LogP) is 9.92. The van der Waals surface area contributed by atoms with Crippen LogP contribution in [-0.4, -0.2) is 0 Å². The van der Waals surface area contributed by atoms with Crippen molar-refractivity contribution in [2.75, 3.05) is 0 Å². The third kappa shape index (κ3) is 3.04. The van der Waals surface area contributed by atoms with Gasteiger partial charge in [-0.3, -0.25) is 0 Å². The molecule has 162 valence electrons. The highest BCUT2D eigenvalue weighted by Gasteiger charge is 2.19. The van der Waals surface area contributed by atoms with E-state index in [9.17, 15) is 0 Å². The topological polar surface area (TPSA) is 26.3 Å². The molecule has 1 heterocycles. The summed E-state index contributed by atoms with van der Waals surface area (Å²) in [5.74, 6) is 0. The summed E-state index contributed by atoms with van der Waals surface area (Å²) in [6.45, 7) is 0. The summed E-state index contributed by atoms with van der Waals surface area (Å²) >= 11 is 0. The Balaban J connectivity index is 1.68. The lowest BCUT2D eigenvalue weighted by Gasteiger charge is -2.05. The SMILES string of the molecule is C1=CC(p2oc3ccc4ccccc4c3c3c(ccc4ccccc43)o2)=C(c2ccccc2)C1. The molecule has 0 N–H and O–H groups in total. The second-order valence-corrected chi connectivity index (χ2v) is 9.96. The van der Waals surface area contributed by atoms with Crippen molar-refractivity contribution in [3.63, 3.8) is 0 Å². The first-order valence-corrected chi connectivity index (χ1v) is 12.7.